The molecule has 0 spiro atoms. The highest BCUT2D eigenvalue weighted by molar-refractivity contribution is 7.89. The highest BCUT2D eigenvalue weighted by Crippen LogP contribution is 2.22. The fourth-order valence-corrected chi connectivity index (χ4v) is 3.48. The number of carbonyl (C=O) groups is 1. The Labute approximate surface area is 124 Å². The quantitative estimate of drug-likeness (QED) is 0.877. The molecule has 6 nitrogen and oxygen atoms in total. The Balaban J connectivity index is 2.10. The molecule has 0 aromatic heterocycles. The van der Waals surface area contributed by atoms with E-state index in [1.54, 1.807) is 11.4 Å². The normalized spacial score (nSPS) is 20.0. The van der Waals surface area contributed by atoms with Crippen LogP contribution in [0.3, 0.4) is 0 Å². The number of hydrogen-bond acceptors (Lipinski definition) is 4. The lowest BCUT2D eigenvalue weighted by Crippen LogP contribution is -2.46. The van der Waals surface area contributed by atoms with Crippen LogP contribution in [0.1, 0.15) is 0 Å². The van der Waals surface area contributed by atoms with Crippen molar-refractivity contribution in [1.82, 2.24) is 9.62 Å². The Morgan fingerprint density at radius 2 is 1.95 bits per heavy atom. The van der Waals surface area contributed by atoms with Gasteiger partial charge in [0, 0.05) is 6.54 Å². The predicted molar refractivity (Wildman–Crippen MR) is 69.1 cm³/mol. The van der Waals surface area contributed by atoms with Gasteiger partial charge in [-0.1, -0.05) is 18.2 Å². The summed E-state index contributed by atoms with van der Waals surface area (Å²) in [6.07, 6.45) is -6.20. The van der Waals surface area contributed by atoms with Gasteiger partial charge in [-0.05, 0) is 12.1 Å². The minimum atomic E-state index is -5.03. The van der Waals surface area contributed by atoms with Crippen molar-refractivity contribution in [2.45, 2.75) is 17.3 Å². The number of carbonyl (C=O) groups excluding carboxylic acids is 1. The molecule has 0 saturated carbocycles. The number of benzene rings is 1. The molecule has 10 heteroatoms. The molecule has 0 radical (unpaired) electrons. The van der Waals surface area contributed by atoms with E-state index in [-0.39, 0.29) is 18.0 Å². The van der Waals surface area contributed by atoms with Gasteiger partial charge in [0.15, 0.2) is 0 Å². The van der Waals surface area contributed by atoms with Crippen molar-refractivity contribution >= 4 is 15.9 Å². The van der Waals surface area contributed by atoms with E-state index in [1.807, 2.05) is 0 Å². The SMILES string of the molecule is O=C(NC[C@H]1OCCN1S(=O)(=O)c1ccccc1)C(F)(F)F. The molecular formula is C12H13F3N2O4S. The van der Waals surface area contributed by atoms with Crippen LogP contribution >= 0.6 is 0 Å². The van der Waals surface area contributed by atoms with Gasteiger partial charge in [-0.3, -0.25) is 4.79 Å². The number of hydrogen-bond donors (Lipinski definition) is 1. The van der Waals surface area contributed by atoms with Gasteiger partial charge in [-0.2, -0.15) is 17.5 Å². The van der Waals surface area contributed by atoms with E-state index in [0.29, 0.717) is 0 Å². The number of alkyl halides is 3. The summed E-state index contributed by atoms with van der Waals surface area (Å²) in [6, 6.07) is 7.45. The van der Waals surface area contributed by atoms with Crippen LogP contribution in [0, 0.1) is 0 Å². The van der Waals surface area contributed by atoms with Crippen molar-refractivity contribution in [1.29, 1.82) is 0 Å². The number of nitrogens with one attached hydrogen (secondary N) is 1. The van der Waals surface area contributed by atoms with E-state index >= 15 is 0 Å². The summed E-state index contributed by atoms with van der Waals surface area (Å²) in [4.78, 5) is 10.8. The van der Waals surface area contributed by atoms with Crippen LogP contribution in [0.15, 0.2) is 35.2 Å². The van der Waals surface area contributed by atoms with Gasteiger partial charge in [-0.15, -0.1) is 0 Å². The average Bonchev–Trinajstić information content (AvgIpc) is 2.93. The molecule has 1 aromatic carbocycles. The minimum absolute atomic E-state index is 0.00375. The van der Waals surface area contributed by atoms with Crippen molar-refractivity contribution < 1.29 is 31.1 Å². The Kier molecular flexibility index (Phi) is 4.73. The van der Waals surface area contributed by atoms with Gasteiger partial charge in [0.1, 0.15) is 6.23 Å². The summed E-state index contributed by atoms with van der Waals surface area (Å²) in [7, 11) is -3.90. The maximum atomic E-state index is 12.4. The summed E-state index contributed by atoms with van der Waals surface area (Å²) in [6.45, 7) is -0.535. The first kappa shape index (κ1) is 16.7. The number of amides is 1. The largest absolute Gasteiger partial charge is 0.471 e. The summed E-state index contributed by atoms with van der Waals surface area (Å²) >= 11 is 0. The topological polar surface area (TPSA) is 75.7 Å². The molecule has 2 rings (SSSR count). The molecule has 1 N–H and O–H groups in total. The number of sulfonamides is 1. The third-order valence-electron chi connectivity index (χ3n) is 2.99. The fourth-order valence-electron chi connectivity index (χ4n) is 1.95. The molecule has 0 unspecified atom stereocenters. The lowest BCUT2D eigenvalue weighted by molar-refractivity contribution is -0.174. The van der Waals surface area contributed by atoms with E-state index in [4.69, 9.17) is 4.74 Å². The molecule has 0 bridgehead atoms. The molecule has 1 fully saturated rings. The standard InChI is InChI=1S/C12H13F3N2O4S/c13-12(14,15)11(18)16-8-10-17(6-7-21-10)22(19,20)9-4-2-1-3-5-9/h1-5,10H,6-8H2,(H,16,18)/t10-/m1/s1. The predicted octanol–water partition coefficient (Wildman–Crippen LogP) is 0.712. The summed E-state index contributed by atoms with van der Waals surface area (Å²) in [5.41, 5.74) is 0. The second-order valence-electron chi connectivity index (χ2n) is 4.46. The van der Waals surface area contributed by atoms with Gasteiger partial charge >= 0.3 is 12.1 Å². The van der Waals surface area contributed by atoms with E-state index in [2.05, 4.69) is 0 Å². The highest BCUT2D eigenvalue weighted by atomic mass is 32.2. The number of nitrogens with zero attached hydrogens (tertiary/aromatic N) is 1. The summed E-state index contributed by atoms with van der Waals surface area (Å²) < 4.78 is 67.2. The molecule has 122 valence electrons. The maximum Gasteiger partial charge on any atom is 0.471 e. The monoisotopic (exact) mass is 338 g/mol. The van der Waals surface area contributed by atoms with E-state index in [1.165, 1.54) is 24.3 Å². The van der Waals surface area contributed by atoms with E-state index < -0.39 is 34.9 Å². The van der Waals surface area contributed by atoms with Crippen LogP contribution in [0.5, 0.6) is 0 Å². The Morgan fingerprint density at radius 3 is 2.55 bits per heavy atom. The van der Waals surface area contributed by atoms with Crippen molar-refractivity contribution in [2.24, 2.45) is 0 Å². The second kappa shape index (κ2) is 6.23. The molecular weight excluding hydrogens is 325 g/mol. The molecule has 1 aliphatic rings. The molecule has 0 aliphatic carbocycles. The van der Waals surface area contributed by atoms with Crippen LogP contribution in [0.25, 0.3) is 0 Å². The number of halogens is 3. The van der Waals surface area contributed by atoms with Gasteiger partial charge < -0.3 is 10.1 Å². The fraction of sp³-hybridized carbons (Fsp3) is 0.417. The molecule has 1 amide bonds. The van der Waals surface area contributed by atoms with E-state index in [9.17, 15) is 26.4 Å². The van der Waals surface area contributed by atoms with Crippen molar-refractivity contribution in [3.63, 3.8) is 0 Å². The van der Waals surface area contributed by atoms with Gasteiger partial charge in [0.2, 0.25) is 10.0 Å². The lowest BCUT2D eigenvalue weighted by Gasteiger charge is -2.23. The summed E-state index contributed by atoms with van der Waals surface area (Å²) in [5, 5.41) is 1.62. The zero-order chi connectivity index (χ0) is 16.4. The minimum Gasteiger partial charge on any atom is -0.359 e. The van der Waals surface area contributed by atoms with Crippen molar-refractivity contribution in [3.8, 4) is 0 Å². The smallest absolute Gasteiger partial charge is 0.359 e. The second-order valence-corrected chi connectivity index (χ2v) is 6.35. The Hall–Kier alpha value is -1.65. The third kappa shape index (κ3) is 3.57. The zero-order valence-corrected chi connectivity index (χ0v) is 12.0. The Bertz CT molecular complexity index is 634. The van der Waals surface area contributed by atoms with E-state index in [0.717, 1.165) is 4.31 Å². The molecule has 1 aromatic rings. The number of rotatable bonds is 4. The van der Waals surface area contributed by atoms with Crippen molar-refractivity contribution in [3.05, 3.63) is 30.3 Å². The van der Waals surface area contributed by atoms with Gasteiger partial charge in [0.05, 0.1) is 18.0 Å². The maximum absolute atomic E-state index is 12.4. The molecule has 1 atom stereocenters. The molecule has 1 saturated heterocycles. The average molecular weight is 338 g/mol. The summed E-state index contributed by atoms with van der Waals surface area (Å²) in [5.74, 6) is -2.14. The highest BCUT2D eigenvalue weighted by Gasteiger charge is 2.41. The number of ether oxygens (including phenoxy) is 1. The van der Waals surface area contributed by atoms with Crippen molar-refractivity contribution in [2.75, 3.05) is 19.7 Å². The molecule has 22 heavy (non-hydrogen) atoms. The van der Waals surface area contributed by atoms with Crippen LogP contribution in [0.2, 0.25) is 0 Å². The van der Waals surface area contributed by atoms with Crippen LogP contribution in [-0.4, -0.2) is 50.7 Å². The molecule has 1 heterocycles. The van der Waals surface area contributed by atoms with Crippen LogP contribution in [-0.2, 0) is 19.6 Å². The molecule has 1 aliphatic heterocycles. The van der Waals surface area contributed by atoms with Gasteiger partial charge in [0.25, 0.3) is 0 Å². The Morgan fingerprint density at radius 1 is 1.32 bits per heavy atom. The first-order valence-corrected chi connectivity index (χ1v) is 7.70. The van der Waals surface area contributed by atoms with Crippen LogP contribution in [0.4, 0.5) is 13.2 Å². The lowest BCUT2D eigenvalue weighted by atomic mass is 10.4. The van der Waals surface area contributed by atoms with Gasteiger partial charge in [-0.25, -0.2) is 8.42 Å². The van der Waals surface area contributed by atoms with Crippen LogP contribution < -0.4 is 5.32 Å². The first-order chi connectivity index (χ1) is 10.2. The first-order valence-electron chi connectivity index (χ1n) is 6.26. The third-order valence-corrected chi connectivity index (χ3v) is 4.89. The zero-order valence-electron chi connectivity index (χ0n) is 11.2.